The maximum absolute atomic E-state index is 12.3. The van der Waals surface area contributed by atoms with Gasteiger partial charge in [-0.15, -0.1) is 0 Å². The van der Waals surface area contributed by atoms with E-state index in [0.717, 1.165) is 0 Å². The average Bonchev–Trinajstić information content (AvgIpc) is 2.34. The summed E-state index contributed by atoms with van der Waals surface area (Å²) in [7, 11) is 0. The van der Waals surface area contributed by atoms with Gasteiger partial charge < -0.3 is 0 Å². The number of hydrogen-bond acceptors (Lipinski definition) is 3. The molecule has 1 atom stereocenters. The predicted molar refractivity (Wildman–Crippen MR) is 84.0 cm³/mol. The van der Waals surface area contributed by atoms with Gasteiger partial charge in [-0.1, -0.05) is 0 Å². The molecule has 0 bridgehead atoms. The molecule has 0 aromatic carbocycles. The monoisotopic (exact) mass is 282 g/mol. The van der Waals surface area contributed by atoms with E-state index in [1.807, 2.05) is 46.4 Å². The number of nitrogens with zero attached hydrogens (tertiary/aromatic N) is 2. The van der Waals surface area contributed by atoms with Crippen molar-refractivity contribution in [1.29, 1.82) is 0 Å². The van der Waals surface area contributed by atoms with Crippen molar-refractivity contribution in [2.75, 3.05) is 0 Å². The molecular formula is C15H30N4O. The molecule has 5 heteroatoms. The lowest BCUT2D eigenvalue weighted by Crippen LogP contribution is -2.58. The van der Waals surface area contributed by atoms with Crippen LogP contribution in [0.1, 0.15) is 62.3 Å². The van der Waals surface area contributed by atoms with E-state index in [1.54, 1.807) is 0 Å². The molecule has 1 aliphatic heterocycles. The summed E-state index contributed by atoms with van der Waals surface area (Å²) in [5.41, 5.74) is -0.615. The van der Waals surface area contributed by atoms with Crippen LogP contribution in [0.3, 0.4) is 0 Å². The Balaban J connectivity index is 3.21. The summed E-state index contributed by atoms with van der Waals surface area (Å²) in [6.07, 6.45) is -0.221. The molecule has 20 heavy (non-hydrogen) atoms. The van der Waals surface area contributed by atoms with Crippen LogP contribution in [0, 0.1) is 0 Å². The summed E-state index contributed by atoms with van der Waals surface area (Å²) >= 11 is 0. The summed E-state index contributed by atoms with van der Waals surface area (Å²) in [5, 5.41) is 6.40. The zero-order valence-corrected chi connectivity index (χ0v) is 14.4. The zero-order valence-electron chi connectivity index (χ0n) is 14.4. The van der Waals surface area contributed by atoms with Gasteiger partial charge in [0.25, 0.3) is 0 Å². The van der Waals surface area contributed by atoms with Gasteiger partial charge >= 0.3 is 6.03 Å². The Kier molecular flexibility index (Phi) is 4.26. The Labute approximate surface area is 123 Å². The van der Waals surface area contributed by atoms with Crippen molar-refractivity contribution < 1.29 is 4.79 Å². The molecule has 0 radical (unpaired) electrons. The van der Waals surface area contributed by atoms with Crippen molar-refractivity contribution in [3.05, 3.63) is 0 Å². The van der Waals surface area contributed by atoms with Crippen molar-refractivity contribution in [2.24, 2.45) is 4.99 Å². The topological polar surface area (TPSA) is 56.7 Å². The lowest BCUT2D eigenvalue weighted by Gasteiger charge is -2.38. The number of nitrogens with one attached hydrogen (secondary N) is 2. The summed E-state index contributed by atoms with van der Waals surface area (Å²) in [6.45, 7) is 18.4. The first-order chi connectivity index (χ1) is 8.71. The Bertz CT molecular complexity index is 407. The van der Waals surface area contributed by atoms with Gasteiger partial charge in [-0.05, 0) is 62.3 Å². The third kappa shape index (κ3) is 4.47. The van der Waals surface area contributed by atoms with Crippen LogP contribution in [0.4, 0.5) is 4.79 Å². The van der Waals surface area contributed by atoms with Gasteiger partial charge in [0.1, 0.15) is 12.0 Å². The second-order valence-electron chi connectivity index (χ2n) is 8.44. The molecule has 0 aromatic rings. The largest absolute Gasteiger partial charge is 0.324 e. The van der Waals surface area contributed by atoms with Crippen LogP contribution < -0.4 is 10.6 Å². The fourth-order valence-electron chi connectivity index (χ4n) is 2.16. The molecular weight excluding hydrogens is 252 g/mol. The van der Waals surface area contributed by atoms with Gasteiger partial charge in [0.15, 0.2) is 0 Å². The molecule has 2 amide bonds. The Morgan fingerprint density at radius 1 is 1.05 bits per heavy atom. The summed E-state index contributed by atoms with van der Waals surface area (Å²) in [6, 6.07) is -0.0951. The highest BCUT2D eigenvalue weighted by Crippen LogP contribution is 2.23. The second-order valence-corrected chi connectivity index (χ2v) is 8.44. The van der Waals surface area contributed by atoms with Crippen LogP contribution in [0.15, 0.2) is 4.99 Å². The van der Waals surface area contributed by atoms with E-state index in [2.05, 4.69) is 36.4 Å². The minimum Gasteiger partial charge on any atom is -0.297 e. The maximum Gasteiger partial charge on any atom is 0.324 e. The van der Waals surface area contributed by atoms with Gasteiger partial charge in [-0.3, -0.25) is 20.5 Å². The molecule has 0 saturated carbocycles. The van der Waals surface area contributed by atoms with Crippen LogP contribution in [-0.4, -0.2) is 39.5 Å². The number of carbonyl (C=O) groups is 1. The quantitative estimate of drug-likeness (QED) is 0.777. The normalized spacial score (nSPS) is 23.4. The standard InChI is InChI=1S/C15H30N4O/c1-13(2,3)17-10-11(18-14(4,5)6)19(12(20)16-10)15(7,8)9/h11,18H,1-9H3,(H,16,17,20)/t11-/m0/s1. The van der Waals surface area contributed by atoms with Gasteiger partial charge in [0.2, 0.25) is 0 Å². The van der Waals surface area contributed by atoms with Crippen molar-refractivity contribution in [2.45, 2.75) is 85.1 Å². The fraction of sp³-hybridized carbons (Fsp3) is 0.867. The summed E-state index contributed by atoms with van der Waals surface area (Å²) in [4.78, 5) is 18.8. The average molecular weight is 282 g/mol. The minimum atomic E-state index is -0.276. The van der Waals surface area contributed by atoms with Gasteiger partial charge in [-0.2, -0.15) is 0 Å². The third-order valence-electron chi connectivity index (χ3n) is 2.72. The molecule has 1 heterocycles. The molecule has 2 N–H and O–H groups in total. The van der Waals surface area contributed by atoms with E-state index < -0.39 is 0 Å². The molecule has 0 unspecified atom stereocenters. The van der Waals surface area contributed by atoms with Gasteiger partial charge in [0.05, 0.1) is 5.54 Å². The summed E-state index contributed by atoms with van der Waals surface area (Å²) in [5.74, 6) is 0.701. The number of hydrogen-bond donors (Lipinski definition) is 2. The van der Waals surface area contributed by atoms with Crippen molar-refractivity contribution in [1.82, 2.24) is 15.5 Å². The molecule has 1 fully saturated rings. The van der Waals surface area contributed by atoms with Crippen molar-refractivity contribution in [3.63, 3.8) is 0 Å². The predicted octanol–water partition coefficient (Wildman–Crippen LogP) is 2.72. The van der Waals surface area contributed by atoms with Crippen molar-refractivity contribution >= 4 is 11.9 Å². The number of carbonyl (C=O) groups excluding carboxylic acids is 1. The molecule has 0 aromatic heterocycles. The van der Waals surface area contributed by atoms with Crippen LogP contribution in [0.2, 0.25) is 0 Å². The highest BCUT2D eigenvalue weighted by molar-refractivity contribution is 6.07. The summed E-state index contributed by atoms with van der Waals surface area (Å²) < 4.78 is 0. The minimum absolute atomic E-state index is 0.0951. The lowest BCUT2D eigenvalue weighted by atomic mass is 10.0. The van der Waals surface area contributed by atoms with Crippen LogP contribution in [0.25, 0.3) is 0 Å². The number of rotatable bonds is 1. The zero-order chi connectivity index (χ0) is 15.9. The van der Waals surface area contributed by atoms with Crippen LogP contribution in [-0.2, 0) is 0 Å². The Morgan fingerprint density at radius 2 is 1.55 bits per heavy atom. The molecule has 1 rings (SSSR count). The first-order valence-corrected chi connectivity index (χ1v) is 7.18. The van der Waals surface area contributed by atoms with Crippen molar-refractivity contribution in [3.8, 4) is 0 Å². The number of aliphatic imine (C=N–C) groups is 1. The van der Waals surface area contributed by atoms with E-state index in [4.69, 9.17) is 0 Å². The molecule has 1 saturated heterocycles. The van der Waals surface area contributed by atoms with E-state index in [1.165, 1.54) is 0 Å². The second kappa shape index (κ2) is 5.02. The van der Waals surface area contributed by atoms with E-state index >= 15 is 0 Å². The molecule has 0 aliphatic carbocycles. The molecule has 116 valence electrons. The van der Waals surface area contributed by atoms with Gasteiger partial charge in [0, 0.05) is 11.1 Å². The SMILES string of the molecule is CC(C)(C)N=C1NC(=O)N(C(C)(C)C)[C@@H]1NC(C)(C)C. The first-order valence-electron chi connectivity index (χ1n) is 7.18. The smallest absolute Gasteiger partial charge is 0.297 e. The van der Waals surface area contributed by atoms with Gasteiger partial charge in [-0.25, -0.2) is 4.79 Å². The van der Waals surface area contributed by atoms with E-state index in [0.29, 0.717) is 5.84 Å². The highest BCUT2D eigenvalue weighted by Gasteiger charge is 2.44. The lowest BCUT2D eigenvalue weighted by molar-refractivity contribution is 0.124. The Morgan fingerprint density at radius 3 is 1.90 bits per heavy atom. The number of amidine groups is 1. The first kappa shape index (κ1) is 17.0. The van der Waals surface area contributed by atoms with E-state index in [-0.39, 0.29) is 28.8 Å². The fourth-order valence-corrected chi connectivity index (χ4v) is 2.16. The molecule has 0 spiro atoms. The van der Waals surface area contributed by atoms with E-state index in [9.17, 15) is 4.79 Å². The highest BCUT2D eigenvalue weighted by atomic mass is 16.2. The number of urea groups is 1. The third-order valence-corrected chi connectivity index (χ3v) is 2.72. The molecule has 5 nitrogen and oxygen atoms in total. The maximum atomic E-state index is 12.3. The van der Waals surface area contributed by atoms with Crippen LogP contribution >= 0.6 is 0 Å². The van der Waals surface area contributed by atoms with Crippen LogP contribution in [0.5, 0.6) is 0 Å². The Hall–Kier alpha value is -1.10. The number of amides is 2. The molecule has 1 aliphatic rings.